The van der Waals surface area contributed by atoms with E-state index in [9.17, 15) is 27.6 Å². The van der Waals surface area contributed by atoms with Gasteiger partial charge in [0.2, 0.25) is 5.95 Å². The summed E-state index contributed by atoms with van der Waals surface area (Å²) in [6.07, 6.45) is -5.08. The van der Waals surface area contributed by atoms with Crippen LogP contribution in [-0.2, 0) is 9.53 Å². The molecule has 16 heteroatoms. The number of aromatic amines is 1. The van der Waals surface area contributed by atoms with Crippen LogP contribution >= 0.6 is 11.6 Å². The number of alkyl halides is 3. The van der Waals surface area contributed by atoms with Gasteiger partial charge >= 0.3 is 23.8 Å². The van der Waals surface area contributed by atoms with E-state index in [2.05, 4.69) is 10.3 Å². The Kier molecular flexibility index (Phi) is 8.49. The fourth-order valence-electron chi connectivity index (χ4n) is 4.13. The molecular formula is C25H22ClF3N6O6. The predicted octanol–water partition coefficient (Wildman–Crippen LogP) is 2.35. The zero-order valence-corrected chi connectivity index (χ0v) is 22.0. The lowest BCUT2D eigenvalue weighted by Gasteiger charge is -2.28. The van der Waals surface area contributed by atoms with E-state index in [-0.39, 0.29) is 16.7 Å². The summed E-state index contributed by atoms with van der Waals surface area (Å²) >= 11 is 6.53. The number of aromatic nitrogens is 4. The van der Waals surface area contributed by atoms with E-state index in [1.54, 1.807) is 41.0 Å². The van der Waals surface area contributed by atoms with Crippen LogP contribution < -0.4 is 21.5 Å². The predicted molar refractivity (Wildman–Crippen MR) is 142 cm³/mol. The number of fused-ring (bicyclic) bond motifs is 1. The highest BCUT2D eigenvalue weighted by atomic mass is 35.5. The topological polar surface area (TPSA) is 152 Å². The van der Waals surface area contributed by atoms with Crippen molar-refractivity contribution in [1.29, 1.82) is 0 Å². The molecule has 1 aliphatic rings. The van der Waals surface area contributed by atoms with Crippen LogP contribution in [0.5, 0.6) is 0 Å². The number of ether oxygens (including phenoxy) is 1. The third-order valence-corrected chi connectivity index (χ3v) is 6.27. The third kappa shape index (κ3) is 6.10. The fourth-order valence-corrected chi connectivity index (χ4v) is 4.35. The molecule has 2 aromatic heterocycles. The molecule has 0 saturated carbocycles. The Labute approximate surface area is 233 Å². The number of methoxy groups -OCH3 is 1. The van der Waals surface area contributed by atoms with Gasteiger partial charge in [0.1, 0.15) is 0 Å². The lowest BCUT2D eigenvalue weighted by molar-refractivity contribution is -0.192. The largest absolute Gasteiger partial charge is 0.490 e. The summed E-state index contributed by atoms with van der Waals surface area (Å²) < 4.78 is 39.5. The second kappa shape index (κ2) is 11.9. The summed E-state index contributed by atoms with van der Waals surface area (Å²) in [6, 6.07) is 13.5. The van der Waals surface area contributed by atoms with Crippen LogP contribution in [0, 0.1) is 0 Å². The molecule has 12 nitrogen and oxygen atoms in total. The van der Waals surface area contributed by atoms with Crippen molar-refractivity contribution >= 4 is 40.7 Å². The standard InChI is InChI=1S/C23H21ClN6O4.C2HF3O2/c1-34-21(32)14-5-4-6-15(13-14)29-19-18(20(31)27-23(29)33)30(17-8-3-2-7-16(17)24)22(26-19)28-11-9-25-10-12-28;3-2(4,5)1(6)7/h2-8,13,25H,9-12H2,1H3,(H,27,31,33);(H,6,7). The molecule has 2 aromatic carbocycles. The molecule has 0 bridgehead atoms. The number of halogens is 4. The Bertz CT molecular complexity index is 1730. The number of hydrogen-bond acceptors (Lipinski definition) is 8. The molecule has 1 aliphatic heterocycles. The number of para-hydroxylation sites is 1. The number of carboxylic acid groups (broad SMARTS) is 1. The highest BCUT2D eigenvalue weighted by Gasteiger charge is 2.38. The minimum Gasteiger partial charge on any atom is -0.475 e. The van der Waals surface area contributed by atoms with Crippen LogP contribution in [-0.4, -0.2) is 75.6 Å². The molecule has 0 aliphatic carbocycles. The van der Waals surface area contributed by atoms with Gasteiger partial charge in [-0.3, -0.25) is 14.3 Å². The number of carbonyl (C=O) groups is 2. The van der Waals surface area contributed by atoms with Crippen LogP contribution in [0.15, 0.2) is 58.1 Å². The summed E-state index contributed by atoms with van der Waals surface area (Å²) in [5, 5.41) is 10.9. The van der Waals surface area contributed by atoms with Crippen molar-refractivity contribution < 1.29 is 32.6 Å². The minimum atomic E-state index is -5.08. The molecule has 0 amide bonds. The molecule has 0 spiro atoms. The summed E-state index contributed by atoms with van der Waals surface area (Å²) in [7, 11) is 1.28. The Balaban J connectivity index is 0.000000493. The summed E-state index contributed by atoms with van der Waals surface area (Å²) in [5.74, 6) is -2.80. The molecule has 216 valence electrons. The summed E-state index contributed by atoms with van der Waals surface area (Å²) in [6.45, 7) is 2.81. The lowest BCUT2D eigenvalue weighted by Crippen LogP contribution is -2.44. The number of piperazine rings is 1. The number of nitrogens with zero attached hydrogens (tertiary/aromatic N) is 4. The van der Waals surface area contributed by atoms with E-state index >= 15 is 0 Å². The molecule has 3 heterocycles. The second-order valence-corrected chi connectivity index (χ2v) is 8.95. The average Bonchev–Trinajstić information content (AvgIpc) is 3.34. The first-order valence-corrected chi connectivity index (χ1v) is 12.3. The number of carbonyl (C=O) groups excluding carboxylic acids is 1. The number of esters is 1. The minimum absolute atomic E-state index is 0.157. The number of H-pyrrole nitrogens is 1. The first-order chi connectivity index (χ1) is 19.4. The van der Waals surface area contributed by atoms with E-state index in [0.717, 1.165) is 13.1 Å². The number of imidazole rings is 1. The fraction of sp³-hybridized carbons (Fsp3) is 0.240. The quantitative estimate of drug-likeness (QED) is 0.302. The molecule has 1 fully saturated rings. The van der Waals surface area contributed by atoms with Crippen LogP contribution in [0.4, 0.5) is 19.1 Å². The second-order valence-electron chi connectivity index (χ2n) is 8.55. The highest BCUT2D eigenvalue weighted by Crippen LogP contribution is 2.30. The smallest absolute Gasteiger partial charge is 0.475 e. The number of benzene rings is 2. The van der Waals surface area contributed by atoms with Crippen molar-refractivity contribution in [3.8, 4) is 11.4 Å². The molecule has 0 unspecified atom stereocenters. The van der Waals surface area contributed by atoms with Crippen LogP contribution in [0.3, 0.4) is 0 Å². The van der Waals surface area contributed by atoms with Crippen molar-refractivity contribution in [1.82, 2.24) is 24.4 Å². The van der Waals surface area contributed by atoms with Gasteiger partial charge in [0, 0.05) is 26.2 Å². The van der Waals surface area contributed by atoms with E-state index in [1.807, 2.05) is 11.0 Å². The van der Waals surface area contributed by atoms with Gasteiger partial charge in [-0.2, -0.15) is 18.2 Å². The zero-order chi connectivity index (χ0) is 29.9. The lowest BCUT2D eigenvalue weighted by atomic mass is 10.2. The maximum absolute atomic E-state index is 13.1. The Hall–Kier alpha value is -4.63. The average molecular weight is 595 g/mol. The Morgan fingerprint density at radius 1 is 1.05 bits per heavy atom. The number of anilines is 1. The number of rotatable bonds is 4. The van der Waals surface area contributed by atoms with Gasteiger partial charge in [-0.25, -0.2) is 19.0 Å². The van der Waals surface area contributed by atoms with Gasteiger partial charge in [0.15, 0.2) is 11.2 Å². The van der Waals surface area contributed by atoms with Crippen molar-refractivity contribution in [2.24, 2.45) is 0 Å². The number of carboxylic acids is 1. The van der Waals surface area contributed by atoms with E-state index in [4.69, 9.17) is 31.2 Å². The highest BCUT2D eigenvalue weighted by molar-refractivity contribution is 6.32. The number of nitrogens with one attached hydrogen (secondary N) is 2. The third-order valence-electron chi connectivity index (χ3n) is 5.95. The first-order valence-electron chi connectivity index (χ1n) is 11.9. The molecule has 5 rings (SSSR count). The van der Waals surface area contributed by atoms with E-state index < -0.39 is 29.4 Å². The number of aliphatic carboxylic acids is 1. The van der Waals surface area contributed by atoms with Gasteiger partial charge in [-0.1, -0.05) is 29.8 Å². The summed E-state index contributed by atoms with van der Waals surface area (Å²) in [5.41, 5.74) is 0.265. The zero-order valence-electron chi connectivity index (χ0n) is 21.2. The molecule has 1 saturated heterocycles. The van der Waals surface area contributed by atoms with Gasteiger partial charge in [-0.15, -0.1) is 0 Å². The van der Waals surface area contributed by atoms with Crippen molar-refractivity contribution in [3.05, 3.63) is 80.0 Å². The van der Waals surface area contributed by atoms with Gasteiger partial charge in [0.05, 0.1) is 29.1 Å². The first kappa shape index (κ1) is 29.4. The molecule has 4 aromatic rings. The van der Waals surface area contributed by atoms with Gasteiger partial charge in [-0.05, 0) is 30.3 Å². The van der Waals surface area contributed by atoms with Crippen molar-refractivity contribution in [3.63, 3.8) is 0 Å². The normalized spacial score (nSPS) is 13.4. The number of hydrogen-bond donors (Lipinski definition) is 3. The monoisotopic (exact) mass is 594 g/mol. The van der Waals surface area contributed by atoms with Gasteiger partial charge < -0.3 is 20.1 Å². The van der Waals surface area contributed by atoms with Crippen LogP contribution in [0.2, 0.25) is 5.02 Å². The molecule has 0 radical (unpaired) electrons. The van der Waals surface area contributed by atoms with E-state index in [1.165, 1.54) is 17.7 Å². The molecule has 41 heavy (non-hydrogen) atoms. The van der Waals surface area contributed by atoms with Crippen molar-refractivity contribution in [2.75, 3.05) is 38.2 Å². The molecular weight excluding hydrogens is 573 g/mol. The van der Waals surface area contributed by atoms with Crippen LogP contribution in [0.1, 0.15) is 10.4 Å². The molecule has 0 atom stereocenters. The summed E-state index contributed by atoms with van der Waals surface area (Å²) in [4.78, 5) is 56.3. The maximum atomic E-state index is 13.1. The van der Waals surface area contributed by atoms with Crippen LogP contribution in [0.25, 0.3) is 22.5 Å². The Morgan fingerprint density at radius 3 is 2.32 bits per heavy atom. The SMILES string of the molecule is COC(=O)c1cccc(-n2c(=O)[nH]c(=O)c3c2nc(N2CCNCC2)n3-c2ccccc2Cl)c1.O=C(O)C(F)(F)F. The van der Waals surface area contributed by atoms with Gasteiger partial charge in [0.25, 0.3) is 5.56 Å². The maximum Gasteiger partial charge on any atom is 0.490 e. The Morgan fingerprint density at radius 2 is 1.71 bits per heavy atom. The van der Waals surface area contributed by atoms with Crippen molar-refractivity contribution in [2.45, 2.75) is 6.18 Å². The molecule has 3 N–H and O–H groups in total. The van der Waals surface area contributed by atoms with E-state index in [0.29, 0.717) is 35.4 Å².